The van der Waals surface area contributed by atoms with E-state index in [2.05, 4.69) is 53.5 Å². The molecule has 28 heavy (non-hydrogen) atoms. The monoisotopic (exact) mass is 398 g/mol. The van der Waals surface area contributed by atoms with Crippen molar-refractivity contribution in [3.8, 4) is 0 Å². The molecule has 0 spiro atoms. The lowest BCUT2D eigenvalue weighted by Gasteiger charge is -2.13. The Morgan fingerprint density at radius 3 is 2.54 bits per heavy atom. The van der Waals surface area contributed by atoms with Crippen molar-refractivity contribution in [3.63, 3.8) is 0 Å². The highest BCUT2D eigenvalue weighted by Crippen LogP contribution is 2.24. The molecule has 0 aliphatic rings. The van der Waals surface area contributed by atoms with E-state index in [-0.39, 0.29) is 17.1 Å². The van der Waals surface area contributed by atoms with Gasteiger partial charge in [-0.1, -0.05) is 62.9 Å². The minimum atomic E-state index is -0.0969. The predicted octanol–water partition coefficient (Wildman–Crippen LogP) is 3.40. The highest BCUT2D eigenvalue weighted by atomic mass is 32.2. The molecule has 0 aliphatic carbocycles. The maximum absolute atomic E-state index is 12.4. The Labute approximate surface area is 169 Å². The van der Waals surface area contributed by atoms with E-state index in [1.54, 1.807) is 4.68 Å². The van der Waals surface area contributed by atoms with Crippen LogP contribution in [0.3, 0.4) is 0 Å². The fraction of sp³-hybridized carbons (Fsp3) is 0.400. The molecule has 3 aromatic rings. The normalized spacial score (nSPS) is 11.6. The van der Waals surface area contributed by atoms with E-state index >= 15 is 0 Å². The third-order valence-electron chi connectivity index (χ3n) is 4.33. The first-order valence-electron chi connectivity index (χ1n) is 9.15. The van der Waals surface area contributed by atoms with Crippen LogP contribution in [-0.2, 0) is 23.8 Å². The summed E-state index contributed by atoms with van der Waals surface area (Å²) < 4.78 is 3.72. The van der Waals surface area contributed by atoms with Gasteiger partial charge in [0, 0.05) is 18.5 Å². The van der Waals surface area contributed by atoms with E-state index in [0.717, 1.165) is 16.7 Å². The van der Waals surface area contributed by atoms with Gasteiger partial charge in [0.1, 0.15) is 11.6 Å². The van der Waals surface area contributed by atoms with Crippen molar-refractivity contribution < 1.29 is 4.79 Å². The molecule has 0 saturated heterocycles. The lowest BCUT2D eigenvalue weighted by atomic mass is 9.92. The second-order valence-electron chi connectivity index (χ2n) is 7.73. The van der Waals surface area contributed by atoms with E-state index < -0.39 is 0 Å². The summed E-state index contributed by atoms with van der Waals surface area (Å²) >= 11 is 1.38. The largest absolute Gasteiger partial charge is 0.310 e. The highest BCUT2D eigenvalue weighted by molar-refractivity contribution is 7.99. The molecular weight excluding hydrogens is 372 g/mol. The fourth-order valence-electron chi connectivity index (χ4n) is 2.68. The van der Waals surface area contributed by atoms with Gasteiger partial charge in [0.25, 0.3) is 0 Å². The molecule has 148 valence electrons. The second-order valence-corrected chi connectivity index (χ2v) is 8.67. The van der Waals surface area contributed by atoms with E-state index in [1.165, 1.54) is 17.3 Å². The molecule has 7 nitrogen and oxygen atoms in total. The van der Waals surface area contributed by atoms with Gasteiger partial charge in [0.2, 0.25) is 5.91 Å². The number of hydrogen-bond donors (Lipinski definition) is 1. The van der Waals surface area contributed by atoms with Crippen LogP contribution in [0, 0.1) is 6.92 Å². The second kappa shape index (κ2) is 8.18. The van der Waals surface area contributed by atoms with Crippen LogP contribution in [0.1, 0.15) is 37.9 Å². The first kappa shape index (κ1) is 20.1. The number of amides is 1. The van der Waals surface area contributed by atoms with Gasteiger partial charge in [0.05, 0.1) is 18.0 Å². The number of carbonyl (C=O) groups excluding carboxylic acids is 1. The third-order valence-corrected chi connectivity index (χ3v) is 5.30. The SMILES string of the molecule is Cc1nnc(SCC(=O)Nc2cc(C(C)(C)C)nn2C)n1Cc1ccccc1. The number of rotatable bonds is 6. The van der Waals surface area contributed by atoms with E-state index in [1.807, 2.05) is 42.8 Å². The number of aromatic nitrogens is 5. The molecule has 2 heterocycles. The molecule has 0 saturated carbocycles. The molecular formula is C20H26N6OS. The zero-order valence-corrected chi connectivity index (χ0v) is 17.7. The number of benzene rings is 1. The highest BCUT2D eigenvalue weighted by Gasteiger charge is 2.20. The van der Waals surface area contributed by atoms with Gasteiger partial charge in [-0.15, -0.1) is 10.2 Å². The Kier molecular flexibility index (Phi) is 5.88. The van der Waals surface area contributed by atoms with Gasteiger partial charge in [-0.2, -0.15) is 5.10 Å². The first-order valence-corrected chi connectivity index (χ1v) is 10.1. The zero-order chi connectivity index (χ0) is 20.3. The number of aryl methyl sites for hydroxylation is 2. The van der Waals surface area contributed by atoms with Gasteiger partial charge < -0.3 is 9.88 Å². The molecule has 0 aliphatic heterocycles. The van der Waals surface area contributed by atoms with Crippen LogP contribution in [-0.4, -0.2) is 36.2 Å². The summed E-state index contributed by atoms with van der Waals surface area (Å²) in [6.07, 6.45) is 0. The standard InChI is InChI=1S/C20H26N6OS/c1-14-22-23-19(26(14)12-15-9-7-6-8-10-15)28-13-18(27)21-17-11-16(20(2,3)4)24-25(17)5/h6-11H,12-13H2,1-5H3,(H,21,27). The molecule has 1 aromatic carbocycles. The number of nitrogens with zero attached hydrogens (tertiary/aromatic N) is 5. The van der Waals surface area contributed by atoms with Crippen molar-refractivity contribution in [3.05, 3.63) is 53.5 Å². The van der Waals surface area contributed by atoms with Gasteiger partial charge >= 0.3 is 0 Å². The minimum Gasteiger partial charge on any atom is -0.310 e. The van der Waals surface area contributed by atoms with Crippen LogP contribution in [0.25, 0.3) is 0 Å². The maximum Gasteiger partial charge on any atom is 0.235 e. The van der Waals surface area contributed by atoms with Crippen LogP contribution in [0.2, 0.25) is 0 Å². The third kappa shape index (κ3) is 4.81. The first-order chi connectivity index (χ1) is 13.2. The summed E-state index contributed by atoms with van der Waals surface area (Å²) in [6.45, 7) is 8.89. The Morgan fingerprint density at radius 2 is 1.89 bits per heavy atom. The van der Waals surface area contributed by atoms with E-state index in [9.17, 15) is 4.79 Å². The quantitative estimate of drug-likeness (QED) is 0.644. The number of thioether (sulfide) groups is 1. The molecule has 0 radical (unpaired) electrons. The van der Waals surface area contributed by atoms with Crippen molar-refractivity contribution >= 4 is 23.5 Å². The smallest absolute Gasteiger partial charge is 0.235 e. The number of nitrogens with one attached hydrogen (secondary N) is 1. The Balaban J connectivity index is 1.63. The average Bonchev–Trinajstić information content (AvgIpc) is 3.18. The molecule has 1 amide bonds. The summed E-state index contributed by atoms with van der Waals surface area (Å²) in [6, 6.07) is 12.1. The van der Waals surface area contributed by atoms with Crippen LogP contribution in [0.5, 0.6) is 0 Å². The minimum absolute atomic E-state index is 0.0686. The van der Waals surface area contributed by atoms with Crippen molar-refractivity contribution in [2.24, 2.45) is 7.05 Å². The van der Waals surface area contributed by atoms with Crippen LogP contribution in [0.15, 0.2) is 41.6 Å². The van der Waals surface area contributed by atoms with Crippen molar-refractivity contribution in [2.75, 3.05) is 11.1 Å². The van der Waals surface area contributed by atoms with Crippen LogP contribution in [0.4, 0.5) is 5.82 Å². The van der Waals surface area contributed by atoms with Crippen molar-refractivity contribution in [2.45, 2.75) is 44.8 Å². The Hall–Kier alpha value is -2.61. The zero-order valence-electron chi connectivity index (χ0n) is 16.9. The maximum atomic E-state index is 12.4. The Bertz CT molecular complexity index is 955. The molecule has 8 heteroatoms. The summed E-state index contributed by atoms with van der Waals surface area (Å²) in [4.78, 5) is 12.4. The average molecular weight is 399 g/mol. The fourth-order valence-corrected chi connectivity index (χ4v) is 3.46. The molecule has 2 aromatic heterocycles. The van der Waals surface area contributed by atoms with Crippen molar-refractivity contribution in [1.82, 2.24) is 24.5 Å². The molecule has 0 bridgehead atoms. The molecule has 3 rings (SSSR count). The number of anilines is 1. The van der Waals surface area contributed by atoms with Crippen molar-refractivity contribution in [1.29, 1.82) is 0 Å². The van der Waals surface area contributed by atoms with Crippen LogP contribution < -0.4 is 5.32 Å². The topological polar surface area (TPSA) is 77.6 Å². The lowest BCUT2D eigenvalue weighted by Crippen LogP contribution is -2.17. The Morgan fingerprint density at radius 1 is 1.18 bits per heavy atom. The summed E-state index contributed by atoms with van der Waals surface area (Å²) in [7, 11) is 1.83. The van der Waals surface area contributed by atoms with Gasteiger partial charge in [-0.05, 0) is 12.5 Å². The predicted molar refractivity (Wildman–Crippen MR) is 112 cm³/mol. The number of hydrogen-bond acceptors (Lipinski definition) is 5. The summed E-state index contributed by atoms with van der Waals surface area (Å²) in [5.41, 5.74) is 2.04. The van der Waals surface area contributed by atoms with E-state index in [4.69, 9.17) is 0 Å². The van der Waals surface area contributed by atoms with Gasteiger partial charge in [-0.3, -0.25) is 9.48 Å². The number of carbonyl (C=O) groups is 1. The molecule has 0 unspecified atom stereocenters. The van der Waals surface area contributed by atoms with Gasteiger partial charge in [-0.25, -0.2) is 0 Å². The van der Waals surface area contributed by atoms with E-state index in [0.29, 0.717) is 12.4 Å². The molecule has 1 N–H and O–H groups in total. The summed E-state index contributed by atoms with van der Waals surface area (Å²) in [5.74, 6) is 1.68. The lowest BCUT2D eigenvalue weighted by molar-refractivity contribution is -0.113. The molecule has 0 atom stereocenters. The summed E-state index contributed by atoms with van der Waals surface area (Å²) in [5, 5.41) is 16.5. The molecule has 0 fully saturated rings. The van der Waals surface area contributed by atoms with Gasteiger partial charge in [0.15, 0.2) is 5.16 Å². The van der Waals surface area contributed by atoms with Crippen LogP contribution >= 0.6 is 11.8 Å².